The number of carbonyl (C=O) groups is 7. The van der Waals surface area contributed by atoms with Gasteiger partial charge in [-0.2, -0.15) is 0 Å². The lowest BCUT2D eigenvalue weighted by molar-refractivity contribution is -0.140. The third-order valence-corrected chi connectivity index (χ3v) is 14.4. The molecule has 0 bridgehead atoms. The Bertz CT molecular complexity index is 2850. The summed E-state index contributed by atoms with van der Waals surface area (Å²) in [6.45, 7) is 1.01. The SMILES string of the molecule is O=C(O)CN1CCN(CC(=O)O)CCN(CC(=O)NCCCS(=O)(=O)c2ccc(-c3ccc4nccc(C(=O)NCC(=O)N5CCCC5C(=O)c5nc6ccccc6o5)c4c3)cc2)CCN(CC(=O)O)CC1. The second-order valence-corrected chi connectivity index (χ2v) is 19.8. The fraction of sp³-hybridized carbons (Fsp3) is 0.408. The van der Waals surface area contributed by atoms with E-state index in [1.165, 1.54) is 29.3 Å². The number of likely N-dealkylation sites (tertiary alicyclic amines) is 1. The number of oxazole rings is 1. The van der Waals surface area contributed by atoms with E-state index in [0.29, 0.717) is 52.5 Å². The second kappa shape index (κ2) is 24.3. The number of carboxylic acid groups (broad SMARTS) is 3. The van der Waals surface area contributed by atoms with Gasteiger partial charge in [0.05, 0.1) is 54.5 Å². The number of rotatable bonds is 19. The van der Waals surface area contributed by atoms with Crippen LogP contribution in [0.2, 0.25) is 0 Å². The van der Waals surface area contributed by atoms with E-state index >= 15 is 0 Å². The molecule has 0 aliphatic carbocycles. The average molecular weight is 1010 g/mol. The van der Waals surface area contributed by atoms with Crippen LogP contribution < -0.4 is 10.6 Å². The highest BCUT2D eigenvalue weighted by molar-refractivity contribution is 7.91. The van der Waals surface area contributed by atoms with Crippen molar-refractivity contribution in [3.8, 4) is 11.1 Å². The zero-order valence-electron chi connectivity index (χ0n) is 39.5. The Morgan fingerprint density at radius 2 is 1.25 bits per heavy atom. The van der Waals surface area contributed by atoms with Crippen molar-refractivity contribution in [2.75, 3.05) is 104 Å². The van der Waals surface area contributed by atoms with Crippen LogP contribution in [0.25, 0.3) is 33.1 Å². The highest BCUT2D eigenvalue weighted by Gasteiger charge is 2.37. The first-order valence-corrected chi connectivity index (χ1v) is 25.2. The number of aliphatic carboxylic acids is 3. The molecule has 2 fully saturated rings. The molecule has 22 nitrogen and oxygen atoms in total. The topological polar surface area (TPSA) is 294 Å². The van der Waals surface area contributed by atoms with E-state index < -0.39 is 57.3 Å². The first-order chi connectivity index (χ1) is 34.5. The van der Waals surface area contributed by atoms with Gasteiger partial charge in [-0.3, -0.25) is 58.1 Å². The lowest BCUT2D eigenvalue weighted by Gasteiger charge is -2.32. The quantitative estimate of drug-likeness (QED) is 0.0577. The first kappa shape index (κ1) is 52.6. The number of hydrogen-bond acceptors (Lipinski definition) is 16. The van der Waals surface area contributed by atoms with Gasteiger partial charge in [0.1, 0.15) is 11.6 Å². The Hall–Kier alpha value is -7.18. The molecule has 7 rings (SSSR count). The second-order valence-electron chi connectivity index (χ2n) is 17.7. The minimum Gasteiger partial charge on any atom is -0.480 e. The van der Waals surface area contributed by atoms with Crippen molar-refractivity contribution in [3.63, 3.8) is 0 Å². The number of aromatic nitrogens is 2. The fourth-order valence-electron chi connectivity index (χ4n) is 8.84. The molecule has 72 heavy (non-hydrogen) atoms. The van der Waals surface area contributed by atoms with Gasteiger partial charge < -0.3 is 35.3 Å². The molecule has 3 aromatic carbocycles. The summed E-state index contributed by atoms with van der Waals surface area (Å²) in [5.41, 5.74) is 3.12. The number of pyridine rings is 1. The van der Waals surface area contributed by atoms with Crippen LogP contribution in [0.5, 0.6) is 0 Å². The number of benzene rings is 3. The summed E-state index contributed by atoms with van der Waals surface area (Å²) in [6, 6.07) is 19.3. The highest BCUT2D eigenvalue weighted by atomic mass is 32.2. The molecule has 4 heterocycles. The summed E-state index contributed by atoms with van der Waals surface area (Å²) in [6.07, 6.45) is 2.63. The van der Waals surface area contributed by atoms with Gasteiger partial charge in [-0.1, -0.05) is 30.3 Å². The number of sulfone groups is 1. The number of Topliss-reactive ketones (excluding diaryl/α,β-unsaturated/α-hetero) is 1. The Balaban J connectivity index is 0.913. The van der Waals surface area contributed by atoms with E-state index in [1.54, 1.807) is 74.2 Å². The monoisotopic (exact) mass is 1010 g/mol. The highest BCUT2D eigenvalue weighted by Crippen LogP contribution is 2.28. The minimum atomic E-state index is -3.78. The molecule has 3 amide bonds. The summed E-state index contributed by atoms with van der Waals surface area (Å²) in [5, 5.41) is 34.3. The van der Waals surface area contributed by atoms with E-state index in [2.05, 4.69) is 20.6 Å². The zero-order valence-corrected chi connectivity index (χ0v) is 40.3. The number of carbonyl (C=O) groups excluding carboxylic acids is 4. The number of ketones is 1. The van der Waals surface area contributed by atoms with Gasteiger partial charge >= 0.3 is 17.9 Å². The Morgan fingerprint density at radius 1 is 0.667 bits per heavy atom. The lowest BCUT2D eigenvalue weighted by atomic mass is 10.0. The molecule has 0 spiro atoms. The van der Waals surface area contributed by atoms with Gasteiger partial charge in [0.15, 0.2) is 15.4 Å². The van der Waals surface area contributed by atoms with Gasteiger partial charge in [0.25, 0.3) is 11.8 Å². The van der Waals surface area contributed by atoms with Gasteiger partial charge in [0.2, 0.25) is 17.6 Å². The molecule has 23 heteroatoms. The molecule has 1 unspecified atom stereocenters. The van der Waals surface area contributed by atoms with Gasteiger partial charge in [-0.25, -0.2) is 13.4 Å². The van der Waals surface area contributed by atoms with Crippen LogP contribution in [-0.2, 0) is 33.8 Å². The molecule has 5 aromatic rings. The van der Waals surface area contributed by atoms with Crippen molar-refractivity contribution < 1.29 is 61.7 Å². The molecular weight excluding hydrogens is 955 g/mol. The van der Waals surface area contributed by atoms with Crippen molar-refractivity contribution in [1.29, 1.82) is 0 Å². The van der Waals surface area contributed by atoms with Gasteiger partial charge in [-0.05, 0) is 72.9 Å². The van der Waals surface area contributed by atoms with Crippen molar-refractivity contribution in [1.82, 2.24) is 45.1 Å². The largest absolute Gasteiger partial charge is 0.480 e. The van der Waals surface area contributed by atoms with Crippen LogP contribution in [0.3, 0.4) is 0 Å². The maximum atomic E-state index is 13.6. The van der Waals surface area contributed by atoms with Crippen LogP contribution in [0.4, 0.5) is 0 Å². The van der Waals surface area contributed by atoms with E-state index in [1.807, 2.05) is 0 Å². The van der Waals surface area contributed by atoms with Crippen LogP contribution in [0.1, 0.15) is 40.3 Å². The smallest absolute Gasteiger partial charge is 0.317 e. The summed E-state index contributed by atoms with van der Waals surface area (Å²) in [5.74, 6) is -5.27. The number of hydrogen-bond donors (Lipinski definition) is 5. The minimum absolute atomic E-state index is 0.0502. The number of fused-ring (bicyclic) bond motifs is 2. The first-order valence-electron chi connectivity index (χ1n) is 23.5. The van der Waals surface area contributed by atoms with Crippen LogP contribution >= 0.6 is 0 Å². The summed E-state index contributed by atoms with van der Waals surface area (Å²) < 4.78 is 32.5. The van der Waals surface area contributed by atoms with Crippen molar-refractivity contribution in [2.45, 2.75) is 30.2 Å². The van der Waals surface area contributed by atoms with Crippen molar-refractivity contribution in [2.24, 2.45) is 0 Å². The van der Waals surface area contributed by atoms with E-state index in [9.17, 15) is 57.3 Å². The zero-order chi connectivity index (χ0) is 51.4. The van der Waals surface area contributed by atoms with Gasteiger partial charge in [-0.15, -0.1) is 0 Å². The average Bonchev–Trinajstić information content (AvgIpc) is 4.03. The lowest BCUT2D eigenvalue weighted by Crippen LogP contribution is -2.49. The predicted octanol–water partition coefficient (Wildman–Crippen LogP) is 1.40. The van der Waals surface area contributed by atoms with Gasteiger partial charge in [0, 0.05) is 77.0 Å². The Labute approximate surface area is 414 Å². The summed E-state index contributed by atoms with van der Waals surface area (Å²) in [7, 11) is -3.78. The standard InChI is InChI=1S/C49H57N9O13S/c59-42(29-54-18-20-55(30-44(61)62)22-24-57(32-46(65)66)25-23-56(21-19-54)31-45(63)64)51-15-4-26-72(69,70)35-11-8-33(9-12-35)34-10-13-38-37(27-34)36(14-16-50-38)48(68)52-28-43(60)58-17-3-6-40(58)47(67)49-53-39-5-1-2-7-41(39)71-49/h1-2,5,7-14,16,27,40H,3-4,6,15,17-26,28-32H2,(H,51,59)(H,52,68)(H,61,62)(H,63,64)(H,65,66). The third kappa shape index (κ3) is 14.2. The number of amides is 3. The van der Waals surface area contributed by atoms with Crippen LogP contribution in [0.15, 0.2) is 88.3 Å². The number of nitrogens with zero attached hydrogens (tertiary/aromatic N) is 7. The van der Waals surface area contributed by atoms with Crippen LogP contribution in [0, 0.1) is 0 Å². The third-order valence-electron chi connectivity index (χ3n) is 12.6. The molecule has 2 aliphatic rings. The van der Waals surface area contributed by atoms with Crippen molar-refractivity contribution >= 4 is 73.3 Å². The van der Waals surface area contributed by atoms with E-state index in [-0.39, 0.29) is 120 Å². The molecular formula is C49H57N9O13S. The Kier molecular flexibility index (Phi) is 17.8. The molecule has 2 saturated heterocycles. The summed E-state index contributed by atoms with van der Waals surface area (Å²) >= 11 is 0. The number of para-hydroxylation sites is 2. The molecule has 5 N–H and O–H groups in total. The predicted molar refractivity (Wildman–Crippen MR) is 261 cm³/mol. The van der Waals surface area contributed by atoms with Crippen LogP contribution in [-0.4, -0.2) is 210 Å². The van der Waals surface area contributed by atoms with Crippen molar-refractivity contribution in [3.05, 3.63) is 90.4 Å². The fourth-order valence-corrected chi connectivity index (χ4v) is 10.2. The normalized spacial score (nSPS) is 17.0. The molecule has 0 saturated carbocycles. The van der Waals surface area contributed by atoms with E-state index in [4.69, 9.17) is 4.42 Å². The number of carboxylic acids is 3. The Morgan fingerprint density at radius 3 is 1.85 bits per heavy atom. The molecule has 2 aromatic heterocycles. The summed E-state index contributed by atoms with van der Waals surface area (Å²) in [4.78, 5) is 105. The number of nitrogens with one attached hydrogen (secondary N) is 2. The maximum absolute atomic E-state index is 13.6. The molecule has 1 atom stereocenters. The molecule has 2 aliphatic heterocycles. The molecule has 382 valence electrons. The maximum Gasteiger partial charge on any atom is 0.317 e. The molecule has 0 radical (unpaired) electrons. The van der Waals surface area contributed by atoms with E-state index in [0.717, 1.165) is 0 Å².